The molecule has 1 atom stereocenters. The normalized spacial score (nSPS) is 11.8. The molecule has 0 spiro atoms. The summed E-state index contributed by atoms with van der Waals surface area (Å²) in [4.78, 5) is 12.5. The van der Waals surface area contributed by atoms with Crippen molar-refractivity contribution >= 4 is 29.0 Å². The van der Waals surface area contributed by atoms with E-state index in [0.717, 1.165) is 4.88 Å². The van der Waals surface area contributed by atoms with E-state index in [1.54, 1.807) is 6.92 Å². The summed E-state index contributed by atoms with van der Waals surface area (Å²) in [6.45, 7) is 1.97. The number of carbonyl (C=O) groups excluding carboxylic acids is 1. The molecule has 2 rings (SSSR count). The number of hydrogen-bond acceptors (Lipinski definition) is 6. The quantitative estimate of drug-likeness (QED) is 0.675. The van der Waals surface area contributed by atoms with Crippen molar-refractivity contribution in [3.05, 3.63) is 17.5 Å². The number of amides is 1. The largest absolute Gasteiger partial charge is 0.410 e. The van der Waals surface area contributed by atoms with Gasteiger partial charge in [-0.15, -0.1) is 28.0 Å². The molecule has 2 aromatic rings. The second-order valence-corrected chi connectivity index (χ2v) is 5.77. The lowest BCUT2D eigenvalue weighted by Gasteiger charge is -2.06. The molecule has 1 unspecified atom stereocenters. The highest BCUT2D eigenvalue weighted by Crippen LogP contribution is 2.28. The molecule has 2 aromatic heterocycles. The van der Waals surface area contributed by atoms with Crippen LogP contribution in [0.4, 0.5) is 0 Å². The molecule has 0 saturated carbocycles. The van der Waals surface area contributed by atoms with Gasteiger partial charge in [-0.1, -0.05) is 23.7 Å². The zero-order valence-corrected chi connectivity index (χ0v) is 11.8. The molecule has 0 saturated heterocycles. The van der Waals surface area contributed by atoms with E-state index in [1.165, 1.54) is 23.1 Å². The molecule has 0 radical (unpaired) electrons. The highest BCUT2D eigenvalue weighted by atomic mass is 32.2. The van der Waals surface area contributed by atoms with Crippen LogP contribution in [0.1, 0.15) is 6.92 Å². The number of aromatic nitrogens is 2. The summed E-state index contributed by atoms with van der Waals surface area (Å²) in [6, 6.07) is 3.81. The SMILES string of the molecule is C#CCNC(=O)C(C)Sc1nnc(-c2cccs2)o1. The Morgan fingerprint density at radius 2 is 2.53 bits per heavy atom. The number of thiophene rings is 1. The van der Waals surface area contributed by atoms with Crippen LogP contribution >= 0.6 is 23.1 Å². The third kappa shape index (κ3) is 3.59. The number of thioether (sulfide) groups is 1. The number of carbonyl (C=O) groups is 1. The molecule has 0 aromatic carbocycles. The van der Waals surface area contributed by atoms with E-state index in [2.05, 4.69) is 21.4 Å². The minimum atomic E-state index is -0.343. The van der Waals surface area contributed by atoms with Crippen molar-refractivity contribution in [3.63, 3.8) is 0 Å². The van der Waals surface area contributed by atoms with Gasteiger partial charge in [-0.25, -0.2) is 0 Å². The summed E-state index contributed by atoms with van der Waals surface area (Å²) in [5, 5.41) is 12.4. The predicted octanol–water partition coefficient (Wildman–Crippen LogP) is 2.03. The molecular formula is C12H11N3O2S2. The standard InChI is InChI=1S/C12H11N3O2S2/c1-3-6-13-10(16)8(2)19-12-15-14-11(17-12)9-5-4-7-18-9/h1,4-5,7-8H,6H2,2H3,(H,13,16). The summed E-state index contributed by atoms with van der Waals surface area (Å²) in [5.74, 6) is 2.66. The van der Waals surface area contributed by atoms with Crippen molar-refractivity contribution < 1.29 is 9.21 Å². The van der Waals surface area contributed by atoms with Crippen LogP contribution in [0.3, 0.4) is 0 Å². The second-order valence-electron chi connectivity index (χ2n) is 3.53. The Morgan fingerprint density at radius 1 is 1.68 bits per heavy atom. The molecule has 0 bridgehead atoms. The maximum absolute atomic E-state index is 11.6. The number of terminal acetylenes is 1. The fourth-order valence-corrected chi connectivity index (χ4v) is 2.60. The Bertz CT molecular complexity index is 586. The minimum absolute atomic E-state index is 0.154. The van der Waals surface area contributed by atoms with Crippen LogP contribution in [-0.2, 0) is 4.79 Å². The molecule has 0 aliphatic carbocycles. The number of rotatable bonds is 5. The first-order chi connectivity index (χ1) is 9.20. The Kier molecular flexibility index (Phi) is 4.60. The van der Waals surface area contributed by atoms with E-state index in [0.29, 0.717) is 11.1 Å². The van der Waals surface area contributed by atoms with Gasteiger partial charge in [0.2, 0.25) is 5.91 Å². The van der Waals surface area contributed by atoms with Gasteiger partial charge in [-0.3, -0.25) is 4.79 Å². The zero-order chi connectivity index (χ0) is 13.7. The molecule has 98 valence electrons. The van der Waals surface area contributed by atoms with Gasteiger partial charge in [-0.05, 0) is 18.4 Å². The van der Waals surface area contributed by atoms with Crippen LogP contribution in [0, 0.1) is 12.3 Å². The molecule has 2 heterocycles. The molecule has 7 heteroatoms. The van der Waals surface area contributed by atoms with Crippen LogP contribution in [0.25, 0.3) is 10.8 Å². The monoisotopic (exact) mass is 293 g/mol. The van der Waals surface area contributed by atoms with E-state index in [4.69, 9.17) is 10.8 Å². The second kappa shape index (κ2) is 6.41. The van der Waals surface area contributed by atoms with Crippen molar-refractivity contribution in [2.24, 2.45) is 0 Å². The number of nitrogens with zero attached hydrogens (tertiary/aromatic N) is 2. The van der Waals surface area contributed by atoms with E-state index in [9.17, 15) is 4.79 Å². The van der Waals surface area contributed by atoms with Crippen LogP contribution < -0.4 is 5.32 Å². The van der Waals surface area contributed by atoms with Crippen molar-refractivity contribution in [2.45, 2.75) is 17.4 Å². The van der Waals surface area contributed by atoms with Crippen molar-refractivity contribution in [1.29, 1.82) is 0 Å². The van der Waals surface area contributed by atoms with Crippen LogP contribution in [0.2, 0.25) is 0 Å². The Hall–Kier alpha value is -1.78. The lowest BCUT2D eigenvalue weighted by Crippen LogP contribution is -2.31. The summed E-state index contributed by atoms with van der Waals surface area (Å²) in [7, 11) is 0. The first-order valence-corrected chi connectivity index (χ1v) is 7.22. The van der Waals surface area contributed by atoms with E-state index < -0.39 is 0 Å². The average molecular weight is 293 g/mol. The highest BCUT2D eigenvalue weighted by Gasteiger charge is 2.18. The smallest absolute Gasteiger partial charge is 0.277 e. The lowest BCUT2D eigenvalue weighted by atomic mass is 10.4. The Labute approximate surface area is 118 Å². The molecule has 1 N–H and O–H groups in total. The fraction of sp³-hybridized carbons (Fsp3) is 0.250. The Balaban J connectivity index is 1.97. The summed E-state index contributed by atoms with van der Waals surface area (Å²) >= 11 is 2.72. The van der Waals surface area contributed by atoms with Crippen molar-refractivity contribution in [3.8, 4) is 23.1 Å². The average Bonchev–Trinajstić information content (AvgIpc) is 3.05. The fourth-order valence-electron chi connectivity index (χ4n) is 1.24. The zero-order valence-electron chi connectivity index (χ0n) is 10.1. The first kappa shape index (κ1) is 13.6. The summed E-state index contributed by atoms with van der Waals surface area (Å²) < 4.78 is 5.48. The summed E-state index contributed by atoms with van der Waals surface area (Å²) in [5.41, 5.74) is 0. The Morgan fingerprint density at radius 3 is 3.21 bits per heavy atom. The first-order valence-electron chi connectivity index (χ1n) is 5.46. The van der Waals surface area contributed by atoms with Gasteiger partial charge >= 0.3 is 0 Å². The predicted molar refractivity (Wildman–Crippen MR) is 74.8 cm³/mol. The van der Waals surface area contributed by atoms with Gasteiger partial charge < -0.3 is 9.73 Å². The van der Waals surface area contributed by atoms with E-state index in [-0.39, 0.29) is 17.7 Å². The molecule has 19 heavy (non-hydrogen) atoms. The van der Waals surface area contributed by atoms with Gasteiger partial charge in [-0.2, -0.15) is 0 Å². The third-order valence-electron chi connectivity index (χ3n) is 2.15. The highest BCUT2D eigenvalue weighted by molar-refractivity contribution is 8.00. The van der Waals surface area contributed by atoms with Gasteiger partial charge in [0, 0.05) is 0 Å². The topological polar surface area (TPSA) is 68.0 Å². The maximum atomic E-state index is 11.6. The third-order valence-corrected chi connectivity index (χ3v) is 3.94. The van der Waals surface area contributed by atoms with Gasteiger partial charge in [0.15, 0.2) is 0 Å². The molecule has 5 nitrogen and oxygen atoms in total. The molecule has 0 fully saturated rings. The lowest BCUT2D eigenvalue weighted by molar-refractivity contribution is -0.120. The molecule has 0 aliphatic rings. The van der Waals surface area contributed by atoms with E-state index >= 15 is 0 Å². The van der Waals surface area contributed by atoms with Crippen LogP contribution in [-0.4, -0.2) is 27.9 Å². The molecular weight excluding hydrogens is 282 g/mol. The number of nitrogens with one attached hydrogen (secondary N) is 1. The van der Waals surface area contributed by atoms with Gasteiger partial charge in [0.05, 0.1) is 16.7 Å². The van der Waals surface area contributed by atoms with Gasteiger partial charge in [0.25, 0.3) is 11.1 Å². The van der Waals surface area contributed by atoms with E-state index in [1.807, 2.05) is 17.5 Å². The summed E-state index contributed by atoms with van der Waals surface area (Å²) in [6.07, 6.45) is 5.08. The van der Waals surface area contributed by atoms with Crippen molar-refractivity contribution in [1.82, 2.24) is 15.5 Å². The van der Waals surface area contributed by atoms with Crippen LogP contribution in [0.15, 0.2) is 27.2 Å². The molecule has 0 aliphatic heterocycles. The maximum Gasteiger partial charge on any atom is 0.277 e. The van der Waals surface area contributed by atoms with Crippen molar-refractivity contribution in [2.75, 3.05) is 6.54 Å². The minimum Gasteiger partial charge on any atom is -0.410 e. The number of hydrogen-bond donors (Lipinski definition) is 1. The van der Waals surface area contributed by atoms with Gasteiger partial charge in [0.1, 0.15) is 0 Å². The van der Waals surface area contributed by atoms with Crippen LogP contribution in [0.5, 0.6) is 0 Å². The molecule has 1 amide bonds.